The summed E-state index contributed by atoms with van der Waals surface area (Å²) in [6, 6.07) is 19.1. The minimum atomic E-state index is -0.380. The third kappa shape index (κ3) is 4.53. The number of phenolic OH excluding ortho intramolecular Hbond substituents is 1. The van der Waals surface area contributed by atoms with Gasteiger partial charge in [-0.1, -0.05) is 30.3 Å². The number of hydrogen-bond donors (Lipinski definition) is 2. The largest absolute Gasteiger partial charge is 0.507 e. The average Bonchev–Trinajstić information content (AvgIpc) is 3.41. The number of aromatic nitrogens is 2. The molecule has 0 radical (unpaired) electrons. The van der Waals surface area contributed by atoms with Crippen molar-refractivity contribution in [2.45, 2.75) is 33.2 Å². The Kier molecular flexibility index (Phi) is 6.61. The van der Waals surface area contributed by atoms with Crippen molar-refractivity contribution in [2.24, 2.45) is 0 Å². The molecular weight excluding hydrogens is 466 g/mol. The highest BCUT2D eigenvalue weighted by molar-refractivity contribution is 6.00. The second-order valence-corrected chi connectivity index (χ2v) is 9.34. The summed E-state index contributed by atoms with van der Waals surface area (Å²) in [4.78, 5) is 15.6. The van der Waals surface area contributed by atoms with Crippen LogP contribution in [0.5, 0.6) is 17.2 Å². The zero-order valence-corrected chi connectivity index (χ0v) is 21.5. The minimum absolute atomic E-state index is 0.113. The molecule has 0 aliphatic carbocycles. The summed E-state index contributed by atoms with van der Waals surface area (Å²) >= 11 is 0. The van der Waals surface area contributed by atoms with Crippen molar-refractivity contribution in [1.82, 2.24) is 15.1 Å². The molecule has 1 aromatic heterocycles. The van der Waals surface area contributed by atoms with Crippen LogP contribution in [0.1, 0.15) is 51.3 Å². The van der Waals surface area contributed by atoms with Gasteiger partial charge in [0.1, 0.15) is 28.6 Å². The van der Waals surface area contributed by atoms with E-state index in [1.807, 2.05) is 80.3 Å². The predicted octanol–water partition coefficient (Wildman–Crippen LogP) is 5.59. The van der Waals surface area contributed by atoms with Crippen molar-refractivity contribution in [3.8, 4) is 28.5 Å². The number of benzene rings is 3. The van der Waals surface area contributed by atoms with E-state index < -0.39 is 0 Å². The van der Waals surface area contributed by atoms with Gasteiger partial charge in [0, 0.05) is 17.7 Å². The zero-order valence-electron chi connectivity index (χ0n) is 21.5. The molecule has 1 aliphatic rings. The second-order valence-electron chi connectivity index (χ2n) is 9.34. The number of aryl methyl sites for hydroxylation is 2. The summed E-state index contributed by atoms with van der Waals surface area (Å²) in [5.41, 5.74) is 6.36. The van der Waals surface area contributed by atoms with Crippen LogP contribution in [0.4, 0.5) is 0 Å². The maximum absolute atomic E-state index is 13.7. The first-order valence-corrected chi connectivity index (χ1v) is 12.5. The third-order valence-electron chi connectivity index (χ3n) is 6.84. The van der Waals surface area contributed by atoms with Gasteiger partial charge < -0.3 is 19.5 Å². The highest BCUT2D eigenvalue weighted by Gasteiger charge is 2.42. The number of phenols is 1. The topological polar surface area (TPSA) is 87.7 Å². The number of nitrogens with zero attached hydrogens (tertiary/aromatic N) is 2. The summed E-state index contributed by atoms with van der Waals surface area (Å²) in [7, 11) is 1.64. The van der Waals surface area contributed by atoms with Crippen LogP contribution >= 0.6 is 0 Å². The van der Waals surface area contributed by atoms with E-state index in [2.05, 4.69) is 10.2 Å². The molecule has 1 aliphatic heterocycles. The van der Waals surface area contributed by atoms with Crippen molar-refractivity contribution in [3.63, 3.8) is 0 Å². The molecule has 2 heterocycles. The number of fused-ring (bicyclic) bond motifs is 1. The number of amides is 1. The number of aromatic amines is 1. The monoisotopic (exact) mass is 497 g/mol. The maximum Gasteiger partial charge on any atom is 0.273 e. The van der Waals surface area contributed by atoms with Crippen molar-refractivity contribution < 1.29 is 19.4 Å². The van der Waals surface area contributed by atoms with E-state index >= 15 is 0 Å². The normalized spacial score (nSPS) is 14.6. The molecule has 3 aromatic carbocycles. The molecule has 0 bridgehead atoms. The lowest BCUT2D eigenvalue weighted by atomic mass is 9.93. The van der Waals surface area contributed by atoms with E-state index in [9.17, 15) is 9.90 Å². The fourth-order valence-electron chi connectivity index (χ4n) is 5.20. The van der Waals surface area contributed by atoms with E-state index in [4.69, 9.17) is 9.47 Å². The van der Waals surface area contributed by atoms with Gasteiger partial charge in [-0.15, -0.1) is 0 Å². The Labute approximate surface area is 216 Å². The molecule has 1 amide bonds. The number of H-pyrrole nitrogens is 1. The van der Waals surface area contributed by atoms with Gasteiger partial charge in [-0.2, -0.15) is 5.10 Å². The van der Waals surface area contributed by atoms with Crippen LogP contribution in [0.15, 0.2) is 60.7 Å². The van der Waals surface area contributed by atoms with Gasteiger partial charge >= 0.3 is 0 Å². The lowest BCUT2D eigenvalue weighted by Gasteiger charge is -2.27. The van der Waals surface area contributed by atoms with Crippen molar-refractivity contribution in [2.75, 3.05) is 20.3 Å². The molecule has 5 rings (SSSR count). The molecule has 1 unspecified atom stereocenters. The van der Waals surface area contributed by atoms with Gasteiger partial charge in [0.05, 0.1) is 19.8 Å². The zero-order chi connectivity index (χ0) is 26.1. The van der Waals surface area contributed by atoms with Gasteiger partial charge in [0.15, 0.2) is 0 Å². The van der Waals surface area contributed by atoms with E-state index in [0.717, 1.165) is 39.3 Å². The molecule has 37 heavy (non-hydrogen) atoms. The number of methoxy groups -OCH3 is 1. The molecule has 0 saturated heterocycles. The van der Waals surface area contributed by atoms with Crippen molar-refractivity contribution in [1.29, 1.82) is 0 Å². The van der Waals surface area contributed by atoms with Crippen LogP contribution in [-0.2, 0) is 6.42 Å². The first kappa shape index (κ1) is 24.4. The fraction of sp³-hybridized carbons (Fsp3) is 0.267. The summed E-state index contributed by atoms with van der Waals surface area (Å²) < 4.78 is 11.1. The first-order valence-electron chi connectivity index (χ1n) is 12.5. The summed E-state index contributed by atoms with van der Waals surface area (Å²) in [6.07, 6.45) is 0.680. The number of carbonyl (C=O) groups is 1. The Balaban J connectivity index is 1.59. The van der Waals surface area contributed by atoms with Crippen LogP contribution in [0.2, 0.25) is 0 Å². The van der Waals surface area contributed by atoms with Gasteiger partial charge in [-0.05, 0) is 79.8 Å². The van der Waals surface area contributed by atoms with Crippen LogP contribution in [0.25, 0.3) is 11.3 Å². The Bertz CT molecular complexity index is 1420. The first-order chi connectivity index (χ1) is 17.9. The van der Waals surface area contributed by atoms with Crippen molar-refractivity contribution >= 4 is 5.91 Å². The number of aromatic hydroxyl groups is 1. The van der Waals surface area contributed by atoms with Crippen LogP contribution in [0, 0.1) is 13.8 Å². The van der Waals surface area contributed by atoms with E-state index in [-0.39, 0.29) is 17.7 Å². The third-order valence-corrected chi connectivity index (χ3v) is 6.84. The summed E-state index contributed by atoms with van der Waals surface area (Å²) in [6.45, 7) is 6.90. The minimum Gasteiger partial charge on any atom is -0.507 e. The Morgan fingerprint density at radius 1 is 1.05 bits per heavy atom. The van der Waals surface area contributed by atoms with E-state index in [0.29, 0.717) is 36.5 Å². The lowest BCUT2D eigenvalue weighted by molar-refractivity contribution is 0.0745. The molecule has 7 nitrogen and oxygen atoms in total. The van der Waals surface area contributed by atoms with Gasteiger partial charge in [0.25, 0.3) is 5.91 Å². The number of hydrogen-bond acceptors (Lipinski definition) is 5. The van der Waals surface area contributed by atoms with E-state index in [1.165, 1.54) is 0 Å². The molecule has 1 atom stereocenters. The smallest absolute Gasteiger partial charge is 0.273 e. The quantitative estimate of drug-likeness (QED) is 0.331. The molecule has 0 fully saturated rings. The van der Waals surface area contributed by atoms with Crippen LogP contribution < -0.4 is 9.47 Å². The van der Waals surface area contributed by atoms with Gasteiger partial charge in [-0.25, -0.2) is 0 Å². The number of rotatable bonds is 8. The van der Waals surface area contributed by atoms with Gasteiger partial charge in [-0.3, -0.25) is 9.89 Å². The number of carbonyl (C=O) groups excluding carboxylic acids is 1. The lowest BCUT2D eigenvalue weighted by Crippen LogP contribution is -2.31. The standard InChI is InChI=1S/C30H31N3O4/c1-5-37-23-8-6-7-21(17-23)29-26-27(25-19(3)15-18(2)16-24(25)34)31-32-28(26)30(35)33(29)14-13-20-9-11-22(36-4)12-10-20/h6-12,15-17,29,34H,5,13-14H2,1-4H3,(H,31,32). The van der Waals surface area contributed by atoms with Gasteiger partial charge in [0.2, 0.25) is 0 Å². The van der Waals surface area contributed by atoms with E-state index in [1.54, 1.807) is 13.2 Å². The highest BCUT2D eigenvalue weighted by atomic mass is 16.5. The molecule has 7 heteroatoms. The highest BCUT2D eigenvalue weighted by Crippen LogP contribution is 2.46. The molecule has 2 N–H and O–H groups in total. The summed E-state index contributed by atoms with van der Waals surface area (Å²) in [5.74, 6) is 1.58. The molecule has 0 spiro atoms. The molecule has 4 aromatic rings. The number of ether oxygens (including phenoxy) is 2. The Hall–Kier alpha value is -4.26. The maximum atomic E-state index is 13.7. The fourth-order valence-corrected chi connectivity index (χ4v) is 5.20. The van der Waals surface area contributed by atoms with Crippen LogP contribution in [0.3, 0.4) is 0 Å². The number of nitrogens with one attached hydrogen (secondary N) is 1. The Morgan fingerprint density at radius 2 is 1.84 bits per heavy atom. The Morgan fingerprint density at radius 3 is 2.54 bits per heavy atom. The summed E-state index contributed by atoms with van der Waals surface area (Å²) in [5, 5.41) is 18.4. The SMILES string of the molecule is CCOc1cccc(C2c3c(-c4c(C)cc(C)cc4O)n[nH]c3C(=O)N2CCc2ccc(OC)cc2)c1. The predicted molar refractivity (Wildman–Crippen MR) is 142 cm³/mol. The molecular formula is C30H31N3O4. The average molecular weight is 498 g/mol. The molecule has 0 saturated carbocycles. The van der Waals surface area contributed by atoms with Crippen molar-refractivity contribution in [3.05, 3.63) is 94.2 Å². The second kappa shape index (κ2) is 10.0. The molecule has 190 valence electrons. The van der Waals surface area contributed by atoms with Crippen LogP contribution in [-0.4, -0.2) is 46.4 Å².